The number of unbranched alkanes of at least 4 members (excludes halogenated alkanes) is 1. The third-order valence-corrected chi connectivity index (χ3v) is 2.46. The van der Waals surface area contributed by atoms with Crippen molar-refractivity contribution in [2.24, 2.45) is 0 Å². The van der Waals surface area contributed by atoms with Gasteiger partial charge in [0.25, 0.3) is 0 Å². The maximum absolute atomic E-state index is 11.9. The monoisotopic (exact) mass is 253 g/mol. The molecule has 1 aliphatic heterocycles. The van der Waals surface area contributed by atoms with Crippen LogP contribution in [-0.2, 0) is 19.2 Å². The normalized spacial score (nSPS) is 18.3. The molecule has 0 bridgehead atoms. The molecule has 5 heteroatoms. The molecular weight excluding hydrogens is 234 g/mol. The van der Waals surface area contributed by atoms with Crippen molar-refractivity contribution in [3.8, 4) is 0 Å². The van der Waals surface area contributed by atoms with E-state index in [0.29, 0.717) is 24.5 Å². The molecule has 100 valence electrons. The first-order valence-corrected chi connectivity index (χ1v) is 6.15. The van der Waals surface area contributed by atoms with Gasteiger partial charge in [-0.15, -0.1) is 0 Å². The number of hydrogen-bond acceptors (Lipinski definition) is 5. The van der Waals surface area contributed by atoms with Crippen LogP contribution >= 0.6 is 0 Å². The Labute approximate surface area is 107 Å². The molecule has 1 N–H and O–H groups in total. The second-order valence-electron chi connectivity index (χ2n) is 4.00. The van der Waals surface area contributed by atoms with Gasteiger partial charge in [0.15, 0.2) is 5.78 Å². The molecule has 0 unspecified atom stereocenters. The van der Waals surface area contributed by atoms with Crippen LogP contribution in [0.15, 0.2) is 23.1 Å². The first-order valence-electron chi connectivity index (χ1n) is 6.15. The molecule has 0 aromatic carbocycles. The van der Waals surface area contributed by atoms with E-state index in [9.17, 15) is 9.59 Å². The Morgan fingerprint density at radius 1 is 1.39 bits per heavy atom. The van der Waals surface area contributed by atoms with Gasteiger partial charge in [-0.3, -0.25) is 15.1 Å². The minimum absolute atomic E-state index is 0.0440. The third-order valence-electron chi connectivity index (χ3n) is 2.46. The number of allylic oxidation sites excluding steroid dienone is 3. The first-order chi connectivity index (χ1) is 8.60. The molecule has 0 fully saturated rings. The molecule has 18 heavy (non-hydrogen) atoms. The summed E-state index contributed by atoms with van der Waals surface area (Å²) in [6.45, 7) is 5.88. The smallest absolute Gasteiger partial charge is 0.349 e. The summed E-state index contributed by atoms with van der Waals surface area (Å²) in [4.78, 5) is 28.7. The molecule has 0 radical (unpaired) electrons. The quantitative estimate of drug-likeness (QED) is 0.339. The van der Waals surface area contributed by atoms with Gasteiger partial charge in [0.05, 0.1) is 12.3 Å². The van der Waals surface area contributed by atoms with Gasteiger partial charge in [-0.25, -0.2) is 4.79 Å². The highest BCUT2D eigenvalue weighted by Crippen LogP contribution is 2.19. The number of cyclic esters (lactones) is 1. The van der Waals surface area contributed by atoms with Crippen molar-refractivity contribution in [2.75, 3.05) is 6.61 Å². The first kappa shape index (κ1) is 14.4. The lowest BCUT2D eigenvalue weighted by atomic mass is 10.0. The highest BCUT2D eigenvalue weighted by Gasteiger charge is 2.28. The lowest BCUT2D eigenvalue weighted by Crippen LogP contribution is -2.26. The van der Waals surface area contributed by atoms with Crippen molar-refractivity contribution in [1.29, 1.82) is 0 Å². The third kappa shape index (κ3) is 3.70. The number of hydrogen-bond donors (Lipinski definition) is 1. The molecule has 1 aliphatic rings. The summed E-state index contributed by atoms with van der Waals surface area (Å²) in [6, 6.07) is 0. The molecular formula is C13H19NO4. The number of esters is 1. The number of rotatable bonds is 6. The van der Waals surface area contributed by atoms with E-state index in [4.69, 9.17) is 9.57 Å². The van der Waals surface area contributed by atoms with Crippen LogP contribution in [0.5, 0.6) is 0 Å². The summed E-state index contributed by atoms with van der Waals surface area (Å²) in [7, 11) is 0. The van der Waals surface area contributed by atoms with Crippen LogP contribution in [0.25, 0.3) is 0 Å². The molecule has 0 saturated heterocycles. The molecule has 0 amide bonds. The minimum atomic E-state index is -0.613. The van der Waals surface area contributed by atoms with Gasteiger partial charge in [-0.05, 0) is 26.7 Å². The molecule has 0 saturated carbocycles. The standard InChI is InChI=1S/C13H19NO4/c1-4-6-7-10(14-17-5-2)12-11(15)8-9(3)18-13(12)16/h8,14H,4-7H2,1-3H3. The van der Waals surface area contributed by atoms with Gasteiger partial charge in [-0.2, -0.15) is 0 Å². The van der Waals surface area contributed by atoms with Crippen molar-refractivity contribution >= 4 is 11.8 Å². The maximum Gasteiger partial charge on any atom is 0.349 e. The largest absolute Gasteiger partial charge is 0.427 e. The fourth-order valence-electron chi connectivity index (χ4n) is 1.60. The topological polar surface area (TPSA) is 64.6 Å². The summed E-state index contributed by atoms with van der Waals surface area (Å²) in [5.74, 6) is -0.625. The molecule has 0 aromatic heterocycles. The Morgan fingerprint density at radius 3 is 2.67 bits per heavy atom. The summed E-state index contributed by atoms with van der Waals surface area (Å²) in [5, 5.41) is 0. The van der Waals surface area contributed by atoms with Crippen molar-refractivity contribution < 1.29 is 19.2 Å². The van der Waals surface area contributed by atoms with Crippen LogP contribution in [0, 0.1) is 0 Å². The minimum Gasteiger partial charge on any atom is -0.427 e. The van der Waals surface area contributed by atoms with Crippen LogP contribution in [0.4, 0.5) is 0 Å². The molecule has 0 aromatic rings. The zero-order valence-electron chi connectivity index (χ0n) is 11.0. The van der Waals surface area contributed by atoms with Crippen molar-refractivity contribution in [3.05, 3.63) is 23.1 Å². The summed E-state index contributed by atoms with van der Waals surface area (Å²) in [5.41, 5.74) is 3.22. The van der Waals surface area contributed by atoms with E-state index in [1.54, 1.807) is 6.92 Å². The van der Waals surface area contributed by atoms with Gasteiger partial charge in [0.2, 0.25) is 0 Å². The zero-order valence-corrected chi connectivity index (χ0v) is 11.0. The zero-order chi connectivity index (χ0) is 13.5. The average Bonchev–Trinajstić information content (AvgIpc) is 2.30. The SMILES string of the molecule is CCCCC(NOCC)=C1C(=O)C=C(C)OC1=O. The molecule has 5 nitrogen and oxygen atoms in total. The van der Waals surface area contributed by atoms with E-state index in [2.05, 4.69) is 5.48 Å². The van der Waals surface area contributed by atoms with Crippen LogP contribution in [0.2, 0.25) is 0 Å². The summed E-state index contributed by atoms with van der Waals surface area (Å²) in [6.07, 6.45) is 3.72. The van der Waals surface area contributed by atoms with Crippen LogP contribution < -0.4 is 5.48 Å². The Bertz CT molecular complexity index is 386. The highest BCUT2D eigenvalue weighted by atomic mass is 16.6. The van der Waals surface area contributed by atoms with Gasteiger partial charge in [-0.1, -0.05) is 13.3 Å². The predicted octanol–water partition coefficient (Wildman–Crippen LogP) is 2.00. The average molecular weight is 253 g/mol. The number of carbonyl (C=O) groups is 2. The highest BCUT2D eigenvalue weighted by molar-refractivity contribution is 6.24. The second kappa shape index (κ2) is 6.96. The van der Waals surface area contributed by atoms with E-state index in [0.717, 1.165) is 12.8 Å². The maximum atomic E-state index is 11.9. The molecule has 1 rings (SSSR count). The van der Waals surface area contributed by atoms with Gasteiger partial charge < -0.3 is 4.74 Å². The van der Waals surface area contributed by atoms with E-state index in [1.807, 2.05) is 13.8 Å². The van der Waals surface area contributed by atoms with Gasteiger partial charge in [0, 0.05) is 6.08 Å². The fourth-order valence-corrected chi connectivity index (χ4v) is 1.60. The Hall–Kier alpha value is -1.62. The summed E-state index contributed by atoms with van der Waals surface area (Å²) < 4.78 is 4.96. The Kier molecular flexibility index (Phi) is 5.58. The number of carbonyl (C=O) groups excluding carboxylic acids is 2. The van der Waals surface area contributed by atoms with Crippen molar-refractivity contribution in [2.45, 2.75) is 40.0 Å². The van der Waals surface area contributed by atoms with Crippen LogP contribution in [0.3, 0.4) is 0 Å². The van der Waals surface area contributed by atoms with Gasteiger partial charge in [0.1, 0.15) is 11.3 Å². The fraction of sp³-hybridized carbons (Fsp3) is 0.538. The number of hydroxylamine groups is 1. The number of nitrogens with one attached hydrogen (secondary N) is 1. The summed E-state index contributed by atoms with van der Waals surface area (Å²) >= 11 is 0. The van der Waals surface area contributed by atoms with Crippen molar-refractivity contribution in [1.82, 2.24) is 5.48 Å². The van der Waals surface area contributed by atoms with E-state index in [-0.39, 0.29) is 11.4 Å². The molecule has 0 spiro atoms. The lowest BCUT2D eigenvalue weighted by molar-refractivity contribution is -0.137. The lowest BCUT2D eigenvalue weighted by Gasteiger charge is -2.17. The second-order valence-corrected chi connectivity index (χ2v) is 4.00. The molecule has 0 aliphatic carbocycles. The van der Waals surface area contributed by atoms with E-state index < -0.39 is 5.97 Å². The Morgan fingerprint density at radius 2 is 2.11 bits per heavy atom. The Balaban J connectivity index is 3.00. The van der Waals surface area contributed by atoms with Gasteiger partial charge >= 0.3 is 5.97 Å². The van der Waals surface area contributed by atoms with Crippen LogP contribution in [-0.4, -0.2) is 18.4 Å². The number of ketones is 1. The predicted molar refractivity (Wildman–Crippen MR) is 66.2 cm³/mol. The van der Waals surface area contributed by atoms with Crippen LogP contribution in [0.1, 0.15) is 40.0 Å². The van der Waals surface area contributed by atoms with Crippen molar-refractivity contribution in [3.63, 3.8) is 0 Å². The van der Waals surface area contributed by atoms with E-state index in [1.165, 1.54) is 6.08 Å². The molecule has 1 heterocycles. The number of ether oxygens (including phenoxy) is 1. The van der Waals surface area contributed by atoms with E-state index >= 15 is 0 Å². The molecule has 0 atom stereocenters.